The first-order valence-corrected chi connectivity index (χ1v) is 10.4. The van der Waals surface area contributed by atoms with E-state index in [2.05, 4.69) is 22.4 Å². The molecule has 5 nitrogen and oxygen atoms in total. The molecule has 1 amide bonds. The number of amides is 1. The second-order valence-corrected chi connectivity index (χ2v) is 7.86. The molecule has 0 aliphatic carbocycles. The first-order chi connectivity index (χ1) is 13.7. The summed E-state index contributed by atoms with van der Waals surface area (Å²) in [5, 5.41) is 3.18. The standard InChI is InChI=1S/C22H24N4OS/c23-20(17-7-3-1-4-8-17)22(27)26-13-11-25(12-14-26)15-19-16-28-21(24-19)18-9-5-2-6-10-18/h1-10,16,20H,11-15,23H2. The largest absolute Gasteiger partial charge is 0.338 e. The third-order valence-electron chi connectivity index (χ3n) is 5.07. The highest BCUT2D eigenvalue weighted by Crippen LogP contribution is 2.24. The van der Waals surface area contributed by atoms with Gasteiger partial charge < -0.3 is 10.6 Å². The van der Waals surface area contributed by atoms with Crippen molar-refractivity contribution in [2.75, 3.05) is 26.2 Å². The highest BCUT2D eigenvalue weighted by atomic mass is 32.1. The Morgan fingerprint density at radius 1 is 1.00 bits per heavy atom. The van der Waals surface area contributed by atoms with Crippen LogP contribution in [0.25, 0.3) is 10.6 Å². The molecule has 2 N–H and O–H groups in total. The van der Waals surface area contributed by atoms with E-state index < -0.39 is 6.04 Å². The Bertz CT molecular complexity index is 905. The predicted octanol–water partition coefficient (Wildman–Crippen LogP) is 3.15. The van der Waals surface area contributed by atoms with Crippen LogP contribution in [0.3, 0.4) is 0 Å². The van der Waals surface area contributed by atoms with Gasteiger partial charge in [-0.05, 0) is 5.56 Å². The minimum atomic E-state index is -0.584. The number of nitrogens with zero attached hydrogens (tertiary/aromatic N) is 3. The second-order valence-electron chi connectivity index (χ2n) is 7.00. The van der Waals surface area contributed by atoms with Gasteiger partial charge in [0.2, 0.25) is 5.91 Å². The first kappa shape index (κ1) is 18.8. The molecule has 2 aromatic carbocycles. The van der Waals surface area contributed by atoms with Crippen molar-refractivity contribution in [1.29, 1.82) is 0 Å². The number of aromatic nitrogens is 1. The average Bonchev–Trinajstić information content (AvgIpc) is 3.23. The maximum atomic E-state index is 12.7. The molecule has 4 rings (SSSR count). The summed E-state index contributed by atoms with van der Waals surface area (Å²) >= 11 is 1.68. The van der Waals surface area contributed by atoms with Crippen molar-refractivity contribution >= 4 is 17.2 Å². The number of hydrogen-bond donors (Lipinski definition) is 1. The van der Waals surface area contributed by atoms with Crippen LogP contribution in [-0.2, 0) is 11.3 Å². The first-order valence-electron chi connectivity index (χ1n) is 9.52. The molecule has 0 spiro atoms. The summed E-state index contributed by atoms with van der Waals surface area (Å²) in [5.74, 6) is 0.00544. The van der Waals surface area contributed by atoms with Crippen LogP contribution >= 0.6 is 11.3 Å². The Labute approximate surface area is 169 Å². The van der Waals surface area contributed by atoms with Crippen LogP contribution in [0.1, 0.15) is 17.3 Å². The van der Waals surface area contributed by atoms with Crippen LogP contribution in [-0.4, -0.2) is 46.9 Å². The quantitative estimate of drug-likeness (QED) is 0.725. The number of piperazine rings is 1. The summed E-state index contributed by atoms with van der Waals surface area (Å²) in [4.78, 5) is 21.7. The molecular formula is C22H24N4OS. The molecule has 6 heteroatoms. The van der Waals surface area contributed by atoms with Crippen LogP contribution in [0.2, 0.25) is 0 Å². The van der Waals surface area contributed by atoms with Gasteiger partial charge in [-0.2, -0.15) is 0 Å². The molecule has 1 aliphatic heterocycles. The normalized spacial score (nSPS) is 16.1. The van der Waals surface area contributed by atoms with Gasteiger partial charge in [0.25, 0.3) is 0 Å². The summed E-state index contributed by atoms with van der Waals surface area (Å²) in [7, 11) is 0. The van der Waals surface area contributed by atoms with E-state index in [0.717, 1.165) is 41.5 Å². The number of carbonyl (C=O) groups is 1. The Morgan fingerprint density at radius 2 is 1.64 bits per heavy atom. The number of benzene rings is 2. The minimum absolute atomic E-state index is 0.00544. The van der Waals surface area contributed by atoms with E-state index in [9.17, 15) is 4.79 Å². The maximum absolute atomic E-state index is 12.7. The zero-order valence-corrected chi connectivity index (χ0v) is 16.5. The third-order valence-corrected chi connectivity index (χ3v) is 6.01. The van der Waals surface area contributed by atoms with Gasteiger partial charge in [-0.1, -0.05) is 60.7 Å². The zero-order valence-electron chi connectivity index (χ0n) is 15.7. The van der Waals surface area contributed by atoms with Gasteiger partial charge in [0.15, 0.2) is 0 Å². The lowest BCUT2D eigenvalue weighted by atomic mass is 10.1. The molecule has 0 bridgehead atoms. The van der Waals surface area contributed by atoms with Gasteiger partial charge in [-0.3, -0.25) is 9.69 Å². The maximum Gasteiger partial charge on any atom is 0.244 e. The Hall–Kier alpha value is -2.54. The van der Waals surface area contributed by atoms with Crippen molar-refractivity contribution in [2.45, 2.75) is 12.6 Å². The fourth-order valence-corrected chi connectivity index (χ4v) is 4.27. The summed E-state index contributed by atoms with van der Waals surface area (Å²) < 4.78 is 0. The fourth-order valence-electron chi connectivity index (χ4n) is 3.45. The molecule has 0 radical (unpaired) electrons. The van der Waals surface area contributed by atoms with Gasteiger partial charge in [-0.25, -0.2) is 4.98 Å². The minimum Gasteiger partial charge on any atom is -0.338 e. The molecule has 1 aliphatic rings. The molecule has 144 valence electrons. The lowest BCUT2D eigenvalue weighted by Gasteiger charge is -2.35. The number of carbonyl (C=O) groups excluding carboxylic acids is 1. The second kappa shape index (κ2) is 8.65. The van der Waals surface area contributed by atoms with Gasteiger partial charge in [0, 0.05) is 43.7 Å². The van der Waals surface area contributed by atoms with Crippen molar-refractivity contribution in [2.24, 2.45) is 5.73 Å². The molecule has 1 fully saturated rings. The van der Waals surface area contributed by atoms with Crippen LogP contribution in [0.15, 0.2) is 66.0 Å². The molecule has 1 unspecified atom stereocenters. The highest BCUT2D eigenvalue weighted by molar-refractivity contribution is 7.13. The summed E-state index contributed by atoms with van der Waals surface area (Å²) in [6.45, 7) is 3.90. The molecular weight excluding hydrogens is 368 g/mol. The van der Waals surface area contributed by atoms with Crippen molar-refractivity contribution < 1.29 is 4.79 Å². The number of hydrogen-bond acceptors (Lipinski definition) is 5. The van der Waals surface area contributed by atoms with E-state index in [-0.39, 0.29) is 5.91 Å². The lowest BCUT2D eigenvalue weighted by Crippen LogP contribution is -2.50. The molecule has 3 aromatic rings. The zero-order chi connectivity index (χ0) is 19.3. The SMILES string of the molecule is NC(C(=O)N1CCN(Cc2csc(-c3ccccc3)n2)CC1)c1ccccc1. The van der Waals surface area contributed by atoms with Crippen molar-refractivity contribution in [1.82, 2.24) is 14.8 Å². The van der Waals surface area contributed by atoms with Gasteiger partial charge in [0.05, 0.1) is 5.69 Å². The van der Waals surface area contributed by atoms with Gasteiger partial charge >= 0.3 is 0 Å². The Morgan fingerprint density at radius 3 is 2.32 bits per heavy atom. The van der Waals surface area contributed by atoms with E-state index in [1.54, 1.807) is 11.3 Å². The van der Waals surface area contributed by atoms with E-state index >= 15 is 0 Å². The van der Waals surface area contributed by atoms with E-state index in [0.29, 0.717) is 13.1 Å². The van der Waals surface area contributed by atoms with E-state index in [1.807, 2.05) is 53.4 Å². The molecule has 2 heterocycles. The van der Waals surface area contributed by atoms with Gasteiger partial charge in [0.1, 0.15) is 11.0 Å². The number of rotatable bonds is 5. The highest BCUT2D eigenvalue weighted by Gasteiger charge is 2.26. The Kier molecular flexibility index (Phi) is 5.81. The molecule has 0 saturated carbocycles. The van der Waals surface area contributed by atoms with Crippen LogP contribution < -0.4 is 5.73 Å². The van der Waals surface area contributed by atoms with Crippen molar-refractivity contribution in [3.8, 4) is 10.6 Å². The summed E-state index contributed by atoms with van der Waals surface area (Å²) in [5.41, 5.74) is 9.28. The average molecular weight is 393 g/mol. The topological polar surface area (TPSA) is 62.5 Å². The van der Waals surface area contributed by atoms with E-state index in [4.69, 9.17) is 10.7 Å². The Balaban J connectivity index is 1.31. The van der Waals surface area contributed by atoms with Gasteiger partial charge in [-0.15, -0.1) is 11.3 Å². The van der Waals surface area contributed by atoms with Crippen LogP contribution in [0.5, 0.6) is 0 Å². The third kappa shape index (κ3) is 4.30. The van der Waals surface area contributed by atoms with Crippen molar-refractivity contribution in [3.05, 3.63) is 77.3 Å². The van der Waals surface area contributed by atoms with E-state index in [1.165, 1.54) is 0 Å². The lowest BCUT2D eigenvalue weighted by molar-refractivity contribution is -0.134. The predicted molar refractivity (Wildman–Crippen MR) is 113 cm³/mol. The summed E-state index contributed by atoms with van der Waals surface area (Å²) in [6.07, 6.45) is 0. The molecule has 1 saturated heterocycles. The number of nitrogens with two attached hydrogens (primary N) is 1. The molecule has 1 atom stereocenters. The fraction of sp³-hybridized carbons (Fsp3) is 0.273. The monoisotopic (exact) mass is 392 g/mol. The summed E-state index contributed by atoms with van der Waals surface area (Å²) in [6, 6.07) is 19.3. The smallest absolute Gasteiger partial charge is 0.244 e. The number of thiazole rings is 1. The van der Waals surface area contributed by atoms with Crippen LogP contribution in [0, 0.1) is 0 Å². The molecule has 28 heavy (non-hydrogen) atoms. The van der Waals surface area contributed by atoms with Crippen molar-refractivity contribution in [3.63, 3.8) is 0 Å². The molecule has 1 aromatic heterocycles. The van der Waals surface area contributed by atoms with Crippen LogP contribution in [0.4, 0.5) is 0 Å².